The SMILES string of the molecule is CC(Oc1ccccc1[C@@H](C)N)C(=O)NC1CC1. The summed E-state index contributed by atoms with van der Waals surface area (Å²) in [5.74, 6) is 0.628. The molecule has 0 bridgehead atoms. The van der Waals surface area contributed by atoms with Gasteiger partial charge in [-0.3, -0.25) is 4.79 Å². The van der Waals surface area contributed by atoms with Gasteiger partial charge in [-0.2, -0.15) is 0 Å². The fourth-order valence-corrected chi connectivity index (χ4v) is 1.75. The van der Waals surface area contributed by atoms with Crippen LogP contribution in [0.3, 0.4) is 0 Å². The number of ether oxygens (including phenoxy) is 1. The number of para-hydroxylation sites is 1. The summed E-state index contributed by atoms with van der Waals surface area (Å²) in [6.07, 6.45) is 1.66. The van der Waals surface area contributed by atoms with Crippen molar-refractivity contribution in [2.24, 2.45) is 5.73 Å². The zero-order valence-electron chi connectivity index (χ0n) is 10.8. The molecule has 4 heteroatoms. The van der Waals surface area contributed by atoms with Crippen molar-refractivity contribution in [3.8, 4) is 5.75 Å². The van der Waals surface area contributed by atoms with E-state index in [-0.39, 0.29) is 11.9 Å². The second kappa shape index (κ2) is 5.40. The fraction of sp³-hybridized carbons (Fsp3) is 0.500. The van der Waals surface area contributed by atoms with Crippen LogP contribution in [0.25, 0.3) is 0 Å². The third-order valence-electron chi connectivity index (χ3n) is 3.01. The summed E-state index contributed by atoms with van der Waals surface area (Å²) in [5.41, 5.74) is 6.80. The Morgan fingerprint density at radius 3 is 2.67 bits per heavy atom. The summed E-state index contributed by atoms with van der Waals surface area (Å²) >= 11 is 0. The molecule has 3 N–H and O–H groups in total. The van der Waals surface area contributed by atoms with E-state index in [0.717, 1.165) is 18.4 Å². The smallest absolute Gasteiger partial charge is 0.260 e. The van der Waals surface area contributed by atoms with Crippen molar-refractivity contribution in [2.45, 2.75) is 44.9 Å². The molecular formula is C14H20N2O2. The molecule has 0 heterocycles. The predicted molar refractivity (Wildman–Crippen MR) is 70.3 cm³/mol. The largest absolute Gasteiger partial charge is 0.481 e. The number of hydrogen-bond acceptors (Lipinski definition) is 3. The predicted octanol–water partition coefficient (Wildman–Crippen LogP) is 1.75. The van der Waals surface area contributed by atoms with E-state index < -0.39 is 6.10 Å². The van der Waals surface area contributed by atoms with Gasteiger partial charge in [-0.05, 0) is 32.8 Å². The van der Waals surface area contributed by atoms with Gasteiger partial charge in [0.15, 0.2) is 6.10 Å². The number of rotatable bonds is 5. The number of nitrogens with two attached hydrogens (primary N) is 1. The molecule has 1 saturated carbocycles. The quantitative estimate of drug-likeness (QED) is 0.834. The van der Waals surface area contributed by atoms with Crippen LogP contribution in [0.4, 0.5) is 0 Å². The topological polar surface area (TPSA) is 64.3 Å². The Balaban J connectivity index is 2.01. The summed E-state index contributed by atoms with van der Waals surface area (Å²) in [6.45, 7) is 3.66. The summed E-state index contributed by atoms with van der Waals surface area (Å²) in [6, 6.07) is 7.81. The molecule has 2 rings (SSSR count). The molecule has 0 spiro atoms. The summed E-state index contributed by atoms with van der Waals surface area (Å²) < 4.78 is 5.71. The van der Waals surface area contributed by atoms with Crippen molar-refractivity contribution in [1.29, 1.82) is 0 Å². The average Bonchev–Trinajstić information content (AvgIpc) is 3.13. The van der Waals surface area contributed by atoms with Gasteiger partial charge in [0, 0.05) is 17.6 Å². The van der Waals surface area contributed by atoms with Crippen LogP contribution in [-0.2, 0) is 4.79 Å². The van der Waals surface area contributed by atoms with Crippen LogP contribution in [0.1, 0.15) is 38.3 Å². The van der Waals surface area contributed by atoms with Crippen molar-refractivity contribution in [3.05, 3.63) is 29.8 Å². The normalized spacial score (nSPS) is 17.9. The molecule has 1 aliphatic rings. The van der Waals surface area contributed by atoms with E-state index in [9.17, 15) is 4.79 Å². The van der Waals surface area contributed by atoms with Crippen molar-refractivity contribution >= 4 is 5.91 Å². The first kappa shape index (κ1) is 12.9. The second-order valence-electron chi connectivity index (χ2n) is 4.87. The van der Waals surface area contributed by atoms with Crippen molar-refractivity contribution in [1.82, 2.24) is 5.32 Å². The number of amides is 1. The lowest BCUT2D eigenvalue weighted by Crippen LogP contribution is -2.37. The van der Waals surface area contributed by atoms with Gasteiger partial charge < -0.3 is 15.8 Å². The molecule has 1 unspecified atom stereocenters. The Hall–Kier alpha value is -1.55. The molecule has 0 aliphatic heterocycles. The van der Waals surface area contributed by atoms with Crippen molar-refractivity contribution in [2.75, 3.05) is 0 Å². The average molecular weight is 248 g/mol. The third kappa shape index (κ3) is 3.23. The Morgan fingerprint density at radius 2 is 2.06 bits per heavy atom. The molecule has 2 atom stereocenters. The van der Waals surface area contributed by atoms with Crippen LogP contribution in [-0.4, -0.2) is 18.1 Å². The molecule has 0 aromatic heterocycles. The first-order valence-electron chi connectivity index (χ1n) is 6.39. The highest BCUT2D eigenvalue weighted by atomic mass is 16.5. The fourth-order valence-electron chi connectivity index (χ4n) is 1.75. The third-order valence-corrected chi connectivity index (χ3v) is 3.01. The highest BCUT2D eigenvalue weighted by molar-refractivity contribution is 5.81. The maximum Gasteiger partial charge on any atom is 0.260 e. The van der Waals surface area contributed by atoms with Gasteiger partial charge in [-0.25, -0.2) is 0 Å². The Bertz CT molecular complexity index is 428. The van der Waals surface area contributed by atoms with E-state index in [1.54, 1.807) is 6.92 Å². The van der Waals surface area contributed by atoms with E-state index in [2.05, 4.69) is 5.32 Å². The summed E-state index contributed by atoms with van der Waals surface area (Å²) in [4.78, 5) is 11.8. The molecule has 0 saturated heterocycles. The van der Waals surface area contributed by atoms with E-state index in [4.69, 9.17) is 10.5 Å². The van der Waals surface area contributed by atoms with Gasteiger partial charge in [0.25, 0.3) is 5.91 Å². The van der Waals surface area contributed by atoms with Crippen LogP contribution in [0.2, 0.25) is 0 Å². The number of hydrogen-bond donors (Lipinski definition) is 2. The maximum absolute atomic E-state index is 11.8. The standard InChI is InChI=1S/C14H20N2O2/c1-9(15)12-5-3-4-6-13(12)18-10(2)14(17)16-11-7-8-11/h3-6,9-11H,7-8,15H2,1-2H3,(H,16,17)/t9-,10?/m1/s1. The lowest BCUT2D eigenvalue weighted by atomic mass is 10.1. The van der Waals surface area contributed by atoms with Crippen molar-refractivity contribution in [3.63, 3.8) is 0 Å². The molecule has 4 nitrogen and oxygen atoms in total. The molecule has 98 valence electrons. The number of carbonyl (C=O) groups is 1. The van der Waals surface area contributed by atoms with Gasteiger partial charge in [0.2, 0.25) is 0 Å². The second-order valence-corrected chi connectivity index (χ2v) is 4.87. The van der Waals surface area contributed by atoms with Gasteiger partial charge in [0.05, 0.1) is 0 Å². The molecule has 1 aliphatic carbocycles. The van der Waals surface area contributed by atoms with Gasteiger partial charge in [-0.1, -0.05) is 18.2 Å². The maximum atomic E-state index is 11.8. The van der Waals surface area contributed by atoms with E-state index in [1.165, 1.54) is 0 Å². The molecular weight excluding hydrogens is 228 g/mol. The molecule has 1 aromatic carbocycles. The van der Waals surface area contributed by atoms with Crippen LogP contribution in [0.15, 0.2) is 24.3 Å². The minimum atomic E-state index is -0.495. The summed E-state index contributed by atoms with van der Waals surface area (Å²) in [7, 11) is 0. The van der Waals surface area contributed by atoms with E-state index in [1.807, 2.05) is 31.2 Å². The number of nitrogens with one attached hydrogen (secondary N) is 1. The molecule has 18 heavy (non-hydrogen) atoms. The van der Waals surface area contributed by atoms with Crippen LogP contribution in [0.5, 0.6) is 5.75 Å². The lowest BCUT2D eigenvalue weighted by Gasteiger charge is -2.18. The highest BCUT2D eigenvalue weighted by Crippen LogP contribution is 2.24. The molecule has 1 fully saturated rings. The number of benzene rings is 1. The zero-order valence-corrected chi connectivity index (χ0v) is 10.8. The minimum Gasteiger partial charge on any atom is -0.481 e. The van der Waals surface area contributed by atoms with Gasteiger partial charge in [0.1, 0.15) is 5.75 Å². The highest BCUT2D eigenvalue weighted by Gasteiger charge is 2.26. The minimum absolute atomic E-state index is 0.0584. The van der Waals surface area contributed by atoms with E-state index in [0.29, 0.717) is 11.8 Å². The van der Waals surface area contributed by atoms with Crippen LogP contribution < -0.4 is 15.8 Å². The molecule has 1 aromatic rings. The molecule has 1 amide bonds. The first-order chi connectivity index (χ1) is 8.58. The van der Waals surface area contributed by atoms with Crippen LogP contribution in [0, 0.1) is 0 Å². The Kier molecular flexibility index (Phi) is 3.87. The first-order valence-corrected chi connectivity index (χ1v) is 6.39. The summed E-state index contributed by atoms with van der Waals surface area (Å²) in [5, 5.41) is 2.93. The van der Waals surface area contributed by atoms with Crippen molar-refractivity contribution < 1.29 is 9.53 Å². The molecule has 0 radical (unpaired) electrons. The zero-order chi connectivity index (χ0) is 13.1. The Labute approximate surface area is 108 Å². The van der Waals surface area contributed by atoms with Gasteiger partial charge in [-0.15, -0.1) is 0 Å². The lowest BCUT2D eigenvalue weighted by molar-refractivity contribution is -0.127. The van der Waals surface area contributed by atoms with E-state index >= 15 is 0 Å². The van der Waals surface area contributed by atoms with Gasteiger partial charge >= 0.3 is 0 Å². The number of carbonyl (C=O) groups excluding carboxylic acids is 1. The van der Waals surface area contributed by atoms with Crippen LogP contribution >= 0.6 is 0 Å². The monoisotopic (exact) mass is 248 g/mol. The Morgan fingerprint density at radius 1 is 1.39 bits per heavy atom.